The molecule has 51 heavy (non-hydrogen) atoms. The quantitative estimate of drug-likeness (QED) is 0.197. The largest absolute Gasteiger partial charge is 0.338 e. The number of nitrogens with zero attached hydrogens (tertiary/aromatic N) is 4. The van der Waals surface area contributed by atoms with Crippen molar-refractivity contribution in [1.29, 1.82) is 0 Å². The number of halogens is 2. The maximum absolute atomic E-state index is 15.1. The molecular formula is C40H47F2N5O3S. The molecule has 8 nitrogen and oxygen atoms in total. The first-order chi connectivity index (χ1) is 24.6. The Hall–Kier alpha value is -3.67. The Labute approximate surface area is 299 Å². The van der Waals surface area contributed by atoms with Crippen LogP contribution in [-0.4, -0.2) is 71.4 Å². The van der Waals surface area contributed by atoms with Gasteiger partial charge in [-0.2, -0.15) is 0 Å². The van der Waals surface area contributed by atoms with Gasteiger partial charge >= 0.3 is 0 Å². The Morgan fingerprint density at radius 3 is 2.35 bits per heavy atom. The average Bonchev–Trinajstić information content (AvgIpc) is 3.82. The number of nitrogens with one attached hydrogen (secondary N) is 1. The first kappa shape index (κ1) is 34.4. The zero-order valence-corrected chi connectivity index (χ0v) is 30.1. The summed E-state index contributed by atoms with van der Waals surface area (Å²) in [5.74, 6) is -0.463. The molecule has 1 aromatic heterocycles. The molecule has 1 amide bonds. The molecule has 3 atom stereocenters. The van der Waals surface area contributed by atoms with E-state index in [0.717, 1.165) is 74.5 Å². The summed E-state index contributed by atoms with van der Waals surface area (Å²) in [6.07, 6.45) is 10.0. The Kier molecular flexibility index (Phi) is 9.25. The number of sulfonamides is 1. The van der Waals surface area contributed by atoms with Crippen LogP contribution in [-0.2, 0) is 15.4 Å². The summed E-state index contributed by atoms with van der Waals surface area (Å²) in [6.45, 7) is 3.73. The van der Waals surface area contributed by atoms with E-state index in [0.29, 0.717) is 44.1 Å². The highest BCUT2D eigenvalue weighted by molar-refractivity contribution is 7.89. The molecule has 0 spiro atoms. The number of amides is 1. The van der Waals surface area contributed by atoms with Crippen LogP contribution >= 0.6 is 0 Å². The summed E-state index contributed by atoms with van der Waals surface area (Å²) in [5, 5.41) is 0. The van der Waals surface area contributed by atoms with Gasteiger partial charge < -0.3 is 9.47 Å². The van der Waals surface area contributed by atoms with Crippen LogP contribution < -0.4 is 4.72 Å². The van der Waals surface area contributed by atoms with E-state index in [-0.39, 0.29) is 27.7 Å². The van der Waals surface area contributed by atoms with Gasteiger partial charge in [-0.25, -0.2) is 26.9 Å². The van der Waals surface area contributed by atoms with Crippen molar-refractivity contribution in [3.8, 4) is 0 Å². The maximum Gasteiger partial charge on any atom is 0.256 e. The van der Waals surface area contributed by atoms with Crippen LogP contribution in [0.3, 0.4) is 0 Å². The first-order valence-corrected chi connectivity index (χ1v) is 20.2. The molecule has 1 N–H and O–H groups in total. The highest BCUT2D eigenvalue weighted by atomic mass is 32.2. The van der Waals surface area contributed by atoms with Gasteiger partial charge in [0.15, 0.2) is 0 Å². The second-order valence-corrected chi connectivity index (χ2v) is 17.1. The third-order valence-corrected chi connectivity index (χ3v) is 14.0. The topological polar surface area (TPSA) is 87.5 Å². The minimum atomic E-state index is -3.89. The molecular weight excluding hydrogens is 669 g/mol. The van der Waals surface area contributed by atoms with Crippen molar-refractivity contribution in [2.24, 2.45) is 0 Å². The smallest absolute Gasteiger partial charge is 0.256 e. The monoisotopic (exact) mass is 715 g/mol. The van der Waals surface area contributed by atoms with Crippen molar-refractivity contribution in [3.05, 3.63) is 95.3 Å². The number of hydrogen-bond donors (Lipinski definition) is 1. The molecule has 8 rings (SSSR count). The van der Waals surface area contributed by atoms with Gasteiger partial charge in [0, 0.05) is 37.3 Å². The molecule has 1 aliphatic carbocycles. The molecule has 3 aliphatic heterocycles. The minimum absolute atomic E-state index is 0.0972. The lowest BCUT2D eigenvalue weighted by Crippen LogP contribution is -2.49. The Morgan fingerprint density at radius 1 is 0.902 bits per heavy atom. The van der Waals surface area contributed by atoms with Crippen LogP contribution in [0.15, 0.2) is 71.6 Å². The van der Waals surface area contributed by atoms with Crippen molar-refractivity contribution < 1.29 is 22.0 Å². The van der Waals surface area contributed by atoms with Crippen molar-refractivity contribution in [2.45, 2.75) is 112 Å². The standard InChI is InChI=1S/C40H47F2N5O3S/c1-27-43-37-11-4-5-12-38(37)47(27)33-24-31-13-14-32(25-33)46(31)22-19-40(28-7-6-8-29(41)23-28)17-20-45(21-18-40)39(48)35-26-34(15-16-36(35)42)51(49,50)44-30-9-2-3-10-30/h4-8,11-12,15-16,23,26,30-33,44H,2-3,9-10,13-14,17-22,24-25H2,1H3/t31-,32+,33+. The highest BCUT2D eigenvalue weighted by Crippen LogP contribution is 2.45. The Balaban J connectivity index is 0.976. The molecule has 4 aliphatic rings. The second kappa shape index (κ2) is 13.7. The van der Waals surface area contributed by atoms with Crippen molar-refractivity contribution >= 4 is 27.0 Å². The summed E-state index contributed by atoms with van der Waals surface area (Å²) < 4.78 is 61.2. The molecule has 4 aromatic rings. The molecule has 4 fully saturated rings. The predicted molar refractivity (Wildman–Crippen MR) is 193 cm³/mol. The summed E-state index contributed by atoms with van der Waals surface area (Å²) in [6, 6.07) is 19.9. The van der Waals surface area contributed by atoms with E-state index in [4.69, 9.17) is 4.98 Å². The molecule has 3 saturated heterocycles. The van der Waals surface area contributed by atoms with Gasteiger partial charge in [-0.05, 0) is 125 Å². The molecule has 11 heteroatoms. The number of imidazole rings is 1. The minimum Gasteiger partial charge on any atom is -0.338 e. The second-order valence-electron chi connectivity index (χ2n) is 15.3. The number of hydrogen-bond acceptors (Lipinski definition) is 5. The normalized spacial score (nSPS) is 24.1. The van der Waals surface area contributed by atoms with Crippen LogP contribution in [0.2, 0.25) is 0 Å². The lowest BCUT2D eigenvalue weighted by molar-refractivity contribution is 0.0602. The van der Waals surface area contributed by atoms with Crippen LogP contribution in [0.1, 0.15) is 98.4 Å². The van der Waals surface area contributed by atoms with E-state index >= 15 is 4.39 Å². The van der Waals surface area contributed by atoms with Crippen LogP contribution in [0.4, 0.5) is 8.78 Å². The van der Waals surface area contributed by atoms with Crippen molar-refractivity contribution in [2.75, 3.05) is 19.6 Å². The molecule has 4 heterocycles. The molecule has 3 aromatic carbocycles. The number of aromatic nitrogens is 2. The number of carbonyl (C=O) groups excluding carboxylic acids is 1. The SMILES string of the molecule is Cc1nc2ccccc2n1[C@H]1C[C@H]2CC[C@@H](C1)N2CCC1(c2cccc(F)c2)CCN(C(=O)c2cc(S(=O)(=O)NC3CCCC3)ccc2F)CC1. The van der Waals surface area contributed by atoms with Crippen LogP contribution in [0, 0.1) is 18.6 Å². The van der Waals surface area contributed by atoms with Crippen LogP contribution in [0.5, 0.6) is 0 Å². The number of carbonyl (C=O) groups is 1. The van der Waals surface area contributed by atoms with Crippen molar-refractivity contribution in [3.63, 3.8) is 0 Å². The van der Waals surface area contributed by atoms with E-state index in [1.54, 1.807) is 17.0 Å². The predicted octanol–water partition coefficient (Wildman–Crippen LogP) is 7.28. The maximum atomic E-state index is 15.1. The number of piperidine rings is 2. The molecule has 2 bridgehead atoms. The first-order valence-electron chi connectivity index (χ1n) is 18.7. The summed E-state index contributed by atoms with van der Waals surface area (Å²) in [5.41, 5.74) is 2.61. The van der Waals surface area contributed by atoms with E-state index in [1.807, 2.05) is 12.1 Å². The zero-order chi connectivity index (χ0) is 35.3. The highest BCUT2D eigenvalue weighted by Gasteiger charge is 2.44. The lowest BCUT2D eigenvalue weighted by Gasteiger charge is -2.45. The molecule has 1 saturated carbocycles. The number of rotatable bonds is 9. The summed E-state index contributed by atoms with van der Waals surface area (Å²) in [7, 11) is -3.89. The van der Waals surface area contributed by atoms with Gasteiger partial charge in [-0.1, -0.05) is 37.1 Å². The summed E-state index contributed by atoms with van der Waals surface area (Å²) >= 11 is 0. The van der Waals surface area contributed by atoms with E-state index in [2.05, 4.69) is 39.3 Å². The Bertz CT molecular complexity index is 2020. The third kappa shape index (κ3) is 6.61. The number of para-hydroxylation sites is 2. The molecule has 0 unspecified atom stereocenters. The number of aryl methyl sites for hydroxylation is 1. The number of likely N-dealkylation sites (tertiary alicyclic amines) is 1. The van der Waals surface area contributed by atoms with Gasteiger partial charge in [0.05, 0.1) is 21.5 Å². The van der Waals surface area contributed by atoms with Gasteiger partial charge in [-0.15, -0.1) is 0 Å². The summed E-state index contributed by atoms with van der Waals surface area (Å²) in [4.78, 5) is 22.8. The Morgan fingerprint density at radius 2 is 1.63 bits per heavy atom. The van der Waals surface area contributed by atoms with E-state index in [1.165, 1.54) is 36.6 Å². The van der Waals surface area contributed by atoms with Gasteiger partial charge in [0.1, 0.15) is 17.5 Å². The molecule has 0 radical (unpaired) electrons. The van der Waals surface area contributed by atoms with E-state index in [9.17, 15) is 17.6 Å². The average molecular weight is 716 g/mol. The van der Waals surface area contributed by atoms with Crippen molar-refractivity contribution in [1.82, 2.24) is 24.1 Å². The van der Waals surface area contributed by atoms with Crippen LogP contribution in [0.25, 0.3) is 11.0 Å². The fourth-order valence-electron chi connectivity index (χ4n) is 9.77. The third-order valence-electron chi connectivity index (χ3n) is 12.4. The number of benzene rings is 3. The van der Waals surface area contributed by atoms with Gasteiger partial charge in [0.25, 0.3) is 5.91 Å². The van der Waals surface area contributed by atoms with Gasteiger partial charge in [0.2, 0.25) is 10.0 Å². The van der Waals surface area contributed by atoms with Gasteiger partial charge in [-0.3, -0.25) is 9.69 Å². The fourth-order valence-corrected chi connectivity index (χ4v) is 11.1. The molecule has 270 valence electrons. The fraction of sp³-hybridized carbons (Fsp3) is 0.500. The lowest BCUT2D eigenvalue weighted by atomic mass is 9.70. The van der Waals surface area contributed by atoms with E-state index < -0.39 is 21.7 Å². The zero-order valence-electron chi connectivity index (χ0n) is 29.2. The number of fused-ring (bicyclic) bond motifs is 3.